The molecule has 108 valence electrons. The lowest BCUT2D eigenvalue weighted by atomic mass is 10.2. The highest BCUT2D eigenvalue weighted by molar-refractivity contribution is 5.74. The van der Waals surface area contributed by atoms with Crippen molar-refractivity contribution in [1.82, 2.24) is 9.97 Å². The van der Waals surface area contributed by atoms with Gasteiger partial charge in [0.2, 0.25) is 5.88 Å². The lowest BCUT2D eigenvalue weighted by molar-refractivity contribution is 0.234. The van der Waals surface area contributed by atoms with Crippen molar-refractivity contribution in [3.63, 3.8) is 0 Å². The fourth-order valence-electron chi connectivity index (χ4n) is 1.64. The Morgan fingerprint density at radius 3 is 2.81 bits per heavy atom. The molecule has 0 radical (unpaired) electrons. The van der Waals surface area contributed by atoms with Gasteiger partial charge in [-0.2, -0.15) is 10.2 Å². The number of aromatic nitrogens is 2. The molecule has 0 aliphatic carbocycles. The highest BCUT2D eigenvalue weighted by atomic mass is 19.1. The zero-order valence-electron chi connectivity index (χ0n) is 11.6. The van der Waals surface area contributed by atoms with Crippen LogP contribution >= 0.6 is 0 Å². The van der Waals surface area contributed by atoms with Gasteiger partial charge >= 0.3 is 0 Å². The molecule has 6 nitrogen and oxygen atoms in total. The van der Waals surface area contributed by atoms with Crippen molar-refractivity contribution >= 4 is 17.2 Å². The molecule has 1 heterocycles. The number of hydrogen-bond acceptors (Lipinski definition) is 6. The van der Waals surface area contributed by atoms with Crippen molar-refractivity contribution in [2.75, 3.05) is 11.1 Å². The van der Waals surface area contributed by atoms with Gasteiger partial charge in [0.15, 0.2) is 5.82 Å². The molecule has 0 spiro atoms. The Morgan fingerprint density at radius 1 is 1.38 bits per heavy atom. The van der Waals surface area contributed by atoms with E-state index in [1.807, 2.05) is 19.9 Å². The smallest absolute Gasteiger partial charge is 0.242 e. The minimum Gasteiger partial charge on any atom is -0.473 e. The Labute approximate surface area is 121 Å². The van der Waals surface area contributed by atoms with Gasteiger partial charge < -0.3 is 15.8 Å². The largest absolute Gasteiger partial charge is 0.473 e. The molecule has 2 aromatic rings. The third-order valence-corrected chi connectivity index (χ3v) is 2.55. The summed E-state index contributed by atoms with van der Waals surface area (Å²) in [5.41, 5.74) is 6.71. The monoisotopic (exact) mass is 287 g/mol. The summed E-state index contributed by atoms with van der Waals surface area (Å²) in [5.74, 6) is 0.0588. The summed E-state index contributed by atoms with van der Waals surface area (Å²) < 4.78 is 18.6. The van der Waals surface area contributed by atoms with E-state index >= 15 is 0 Å². The first kappa shape index (κ1) is 14.5. The third kappa shape index (κ3) is 3.36. The Morgan fingerprint density at radius 2 is 2.14 bits per heavy atom. The van der Waals surface area contributed by atoms with Crippen molar-refractivity contribution in [3.8, 4) is 11.9 Å². The summed E-state index contributed by atoms with van der Waals surface area (Å²) in [5, 5.41) is 11.9. The van der Waals surface area contributed by atoms with Crippen LogP contribution in [-0.2, 0) is 0 Å². The maximum atomic E-state index is 13.1. The molecule has 0 aliphatic heterocycles. The summed E-state index contributed by atoms with van der Waals surface area (Å²) in [6.45, 7) is 3.70. The number of nitrogens with two attached hydrogens (primary N) is 1. The SMILES string of the molecule is CC(C)Oc1ncnc(Nc2ccc(F)cc2C#N)c1N. The number of benzene rings is 1. The molecule has 1 aromatic carbocycles. The van der Waals surface area contributed by atoms with E-state index in [0.29, 0.717) is 11.5 Å². The van der Waals surface area contributed by atoms with Gasteiger partial charge in [-0.15, -0.1) is 0 Å². The molecule has 21 heavy (non-hydrogen) atoms. The average Bonchev–Trinajstić information content (AvgIpc) is 2.44. The lowest BCUT2D eigenvalue weighted by Gasteiger charge is -2.14. The maximum absolute atomic E-state index is 13.1. The summed E-state index contributed by atoms with van der Waals surface area (Å²) >= 11 is 0. The van der Waals surface area contributed by atoms with Crippen LogP contribution in [0.1, 0.15) is 19.4 Å². The molecule has 0 atom stereocenters. The van der Waals surface area contributed by atoms with Gasteiger partial charge in [-0.25, -0.2) is 9.37 Å². The van der Waals surface area contributed by atoms with Crippen LogP contribution in [0.5, 0.6) is 5.88 Å². The van der Waals surface area contributed by atoms with Crippen LogP contribution in [0.4, 0.5) is 21.6 Å². The molecule has 0 saturated heterocycles. The van der Waals surface area contributed by atoms with Crippen LogP contribution in [-0.4, -0.2) is 16.1 Å². The average molecular weight is 287 g/mol. The summed E-state index contributed by atoms with van der Waals surface area (Å²) in [7, 11) is 0. The van der Waals surface area contributed by atoms with Gasteiger partial charge in [0, 0.05) is 0 Å². The molecule has 0 fully saturated rings. The molecule has 2 rings (SSSR count). The Kier molecular flexibility index (Phi) is 4.18. The maximum Gasteiger partial charge on any atom is 0.242 e. The van der Waals surface area contributed by atoms with Gasteiger partial charge in [-0.05, 0) is 32.0 Å². The second kappa shape index (κ2) is 6.05. The van der Waals surface area contributed by atoms with E-state index in [9.17, 15) is 4.39 Å². The van der Waals surface area contributed by atoms with Crippen LogP contribution in [0.2, 0.25) is 0 Å². The van der Waals surface area contributed by atoms with Crippen LogP contribution in [0.3, 0.4) is 0 Å². The molecular weight excluding hydrogens is 273 g/mol. The number of ether oxygens (including phenoxy) is 1. The van der Waals surface area contributed by atoms with Crippen LogP contribution in [0, 0.1) is 17.1 Å². The van der Waals surface area contributed by atoms with Crippen LogP contribution in [0.25, 0.3) is 0 Å². The van der Waals surface area contributed by atoms with Crippen molar-refractivity contribution < 1.29 is 9.13 Å². The number of nitrogens with one attached hydrogen (secondary N) is 1. The normalized spacial score (nSPS) is 10.2. The van der Waals surface area contributed by atoms with Crippen molar-refractivity contribution in [1.29, 1.82) is 5.26 Å². The van der Waals surface area contributed by atoms with Gasteiger partial charge in [-0.3, -0.25) is 0 Å². The van der Waals surface area contributed by atoms with E-state index in [2.05, 4.69) is 15.3 Å². The Balaban J connectivity index is 2.34. The molecular formula is C14H14FN5O. The van der Waals surface area contributed by atoms with Crippen molar-refractivity contribution in [3.05, 3.63) is 35.9 Å². The number of rotatable bonds is 4. The topological polar surface area (TPSA) is 96.9 Å². The van der Waals surface area contributed by atoms with Crippen LogP contribution in [0.15, 0.2) is 24.5 Å². The molecule has 0 amide bonds. The zero-order chi connectivity index (χ0) is 15.4. The van der Waals surface area contributed by atoms with Gasteiger partial charge in [0.05, 0.1) is 17.4 Å². The van der Waals surface area contributed by atoms with Gasteiger partial charge in [0.1, 0.15) is 23.9 Å². The number of nitrogens with zero attached hydrogens (tertiary/aromatic N) is 3. The van der Waals surface area contributed by atoms with E-state index in [1.165, 1.54) is 18.5 Å². The van der Waals surface area contributed by atoms with E-state index in [1.54, 1.807) is 0 Å². The molecule has 7 heteroatoms. The van der Waals surface area contributed by atoms with E-state index in [4.69, 9.17) is 15.7 Å². The van der Waals surface area contributed by atoms with E-state index in [-0.39, 0.29) is 23.2 Å². The summed E-state index contributed by atoms with van der Waals surface area (Å²) in [6.07, 6.45) is 1.21. The number of anilines is 3. The van der Waals surface area contributed by atoms with E-state index < -0.39 is 5.82 Å². The number of halogens is 1. The first-order valence-electron chi connectivity index (χ1n) is 6.25. The predicted octanol–water partition coefficient (Wildman–Crippen LogP) is 2.60. The van der Waals surface area contributed by atoms with E-state index in [0.717, 1.165) is 6.07 Å². The number of nitriles is 1. The van der Waals surface area contributed by atoms with Gasteiger partial charge in [0.25, 0.3) is 0 Å². The quantitative estimate of drug-likeness (QED) is 0.897. The van der Waals surface area contributed by atoms with Crippen molar-refractivity contribution in [2.45, 2.75) is 20.0 Å². The minimum atomic E-state index is -0.489. The first-order chi connectivity index (χ1) is 10.0. The van der Waals surface area contributed by atoms with Crippen LogP contribution < -0.4 is 15.8 Å². The van der Waals surface area contributed by atoms with Gasteiger partial charge in [-0.1, -0.05) is 0 Å². The van der Waals surface area contributed by atoms with Crippen molar-refractivity contribution in [2.24, 2.45) is 0 Å². The summed E-state index contributed by atoms with van der Waals surface area (Å²) in [6, 6.07) is 5.72. The fraction of sp³-hybridized carbons (Fsp3) is 0.214. The molecule has 1 aromatic heterocycles. The first-order valence-corrected chi connectivity index (χ1v) is 6.25. The third-order valence-electron chi connectivity index (χ3n) is 2.55. The highest BCUT2D eigenvalue weighted by Gasteiger charge is 2.12. The fourth-order valence-corrected chi connectivity index (χ4v) is 1.64. The molecule has 0 unspecified atom stereocenters. The predicted molar refractivity (Wildman–Crippen MR) is 76.6 cm³/mol. The molecule has 3 N–H and O–H groups in total. The molecule has 0 saturated carbocycles. The highest BCUT2D eigenvalue weighted by Crippen LogP contribution is 2.29. The zero-order valence-corrected chi connectivity index (χ0v) is 11.6. The Hall–Kier alpha value is -2.88. The number of hydrogen-bond donors (Lipinski definition) is 2. The summed E-state index contributed by atoms with van der Waals surface area (Å²) in [4.78, 5) is 7.96. The molecule has 0 bridgehead atoms. The number of nitrogen functional groups attached to an aromatic ring is 1. The second-order valence-electron chi connectivity index (χ2n) is 4.53. The minimum absolute atomic E-state index is 0.0875. The lowest BCUT2D eigenvalue weighted by Crippen LogP contribution is -2.11. The molecule has 0 aliphatic rings. The second-order valence-corrected chi connectivity index (χ2v) is 4.53. The standard InChI is InChI=1S/C14H14FN5O/c1-8(2)21-14-12(17)13(18-7-19-14)20-11-4-3-10(15)5-9(11)6-16/h3-5,7-8H,17H2,1-2H3,(H,18,19,20). The Bertz CT molecular complexity index is 696.